The summed E-state index contributed by atoms with van der Waals surface area (Å²) in [6, 6.07) is 6.73. The summed E-state index contributed by atoms with van der Waals surface area (Å²) in [7, 11) is 0. The first kappa shape index (κ1) is 21.0. The average molecular weight is 434 g/mol. The highest BCUT2D eigenvalue weighted by atomic mass is 35.5. The number of carbonyl (C=O) groups excluding carboxylic acids is 2. The minimum absolute atomic E-state index is 0.210. The number of rotatable bonds is 6. The van der Waals surface area contributed by atoms with E-state index in [1.54, 1.807) is 31.2 Å². The summed E-state index contributed by atoms with van der Waals surface area (Å²) in [5.74, 6) is -0.647. The maximum atomic E-state index is 12.9. The zero-order valence-electron chi connectivity index (χ0n) is 16.2. The summed E-state index contributed by atoms with van der Waals surface area (Å²) in [5, 5.41) is 3.51. The molecule has 0 saturated heterocycles. The molecular weight excluding hydrogens is 414 g/mol. The Bertz CT molecular complexity index is 1140. The molecule has 1 amide bonds. The highest BCUT2D eigenvalue weighted by molar-refractivity contribution is 7.20. The van der Waals surface area contributed by atoms with E-state index in [1.807, 2.05) is 13.8 Å². The van der Waals surface area contributed by atoms with Gasteiger partial charge < -0.3 is 10.1 Å². The number of ether oxygens (including phenoxy) is 1. The van der Waals surface area contributed by atoms with Crippen LogP contribution in [0, 0.1) is 12.8 Å². The van der Waals surface area contributed by atoms with Crippen LogP contribution in [0.3, 0.4) is 0 Å². The zero-order chi connectivity index (χ0) is 21.1. The Labute approximate surface area is 176 Å². The van der Waals surface area contributed by atoms with Gasteiger partial charge in [0.1, 0.15) is 16.3 Å². The molecule has 0 aliphatic carbocycles. The molecule has 29 heavy (non-hydrogen) atoms. The monoisotopic (exact) mass is 433 g/mol. The van der Waals surface area contributed by atoms with Crippen molar-refractivity contribution in [3.8, 4) is 0 Å². The van der Waals surface area contributed by atoms with Crippen molar-refractivity contribution in [2.75, 3.05) is 11.9 Å². The Morgan fingerprint density at radius 2 is 2.10 bits per heavy atom. The van der Waals surface area contributed by atoms with Crippen molar-refractivity contribution in [2.45, 2.75) is 27.3 Å². The number of aromatic nitrogens is 2. The third kappa shape index (κ3) is 4.83. The maximum absolute atomic E-state index is 12.9. The van der Waals surface area contributed by atoms with E-state index in [1.165, 1.54) is 10.9 Å². The number of fused-ring (bicyclic) bond motifs is 1. The van der Waals surface area contributed by atoms with Gasteiger partial charge in [-0.3, -0.25) is 14.2 Å². The number of hydrogen-bond donors (Lipinski definition) is 1. The third-order valence-corrected chi connectivity index (χ3v) is 5.49. The first-order chi connectivity index (χ1) is 13.8. The van der Waals surface area contributed by atoms with E-state index >= 15 is 0 Å². The molecule has 9 heteroatoms. The number of aryl methyl sites for hydroxylation is 1. The molecule has 0 bridgehead atoms. The number of thiophene rings is 1. The molecule has 3 aromatic rings. The van der Waals surface area contributed by atoms with Gasteiger partial charge in [0.25, 0.3) is 5.56 Å². The van der Waals surface area contributed by atoms with Crippen LogP contribution in [0.15, 0.2) is 35.4 Å². The van der Waals surface area contributed by atoms with Crippen LogP contribution in [-0.4, -0.2) is 28.0 Å². The van der Waals surface area contributed by atoms with Gasteiger partial charge >= 0.3 is 5.97 Å². The molecule has 0 spiro atoms. The van der Waals surface area contributed by atoms with Crippen LogP contribution in [0.5, 0.6) is 0 Å². The van der Waals surface area contributed by atoms with E-state index in [2.05, 4.69) is 10.3 Å². The van der Waals surface area contributed by atoms with Gasteiger partial charge in [-0.2, -0.15) is 0 Å². The van der Waals surface area contributed by atoms with E-state index in [0.29, 0.717) is 38.0 Å². The third-order valence-electron chi connectivity index (χ3n) is 4.07. The fourth-order valence-corrected chi connectivity index (χ4v) is 3.92. The molecule has 0 unspecified atom stereocenters. The zero-order valence-corrected chi connectivity index (χ0v) is 17.8. The lowest BCUT2D eigenvalue weighted by Gasteiger charge is -2.08. The number of esters is 1. The average Bonchev–Trinajstić information content (AvgIpc) is 2.99. The summed E-state index contributed by atoms with van der Waals surface area (Å²) in [5.41, 5.74) is 0.667. The molecule has 0 aliphatic heterocycles. The van der Waals surface area contributed by atoms with Gasteiger partial charge in [0.15, 0.2) is 0 Å². The number of benzene rings is 1. The van der Waals surface area contributed by atoms with E-state index in [-0.39, 0.29) is 23.9 Å². The van der Waals surface area contributed by atoms with Gasteiger partial charge in [0.05, 0.1) is 18.3 Å². The Kier molecular flexibility index (Phi) is 6.34. The Hall–Kier alpha value is -2.71. The number of hydrogen-bond acceptors (Lipinski definition) is 6. The lowest BCUT2D eigenvalue weighted by Crippen LogP contribution is -2.27. The molecule has 0 fully saturated rings. The van der Waals surface area contributed by atoms with Crippen LogP contribution in [0.1, 0.15) is 29.1 Å². The number of anilines is 1. The minimum Gasteiger partial charge on any atom is -0.461 e. The summed E-state index contributed by atoms with van der Waals surface area (Å²) < 4.78 is 6.48. The Morgan fingerprint density at radius 3 is 2.79 bits per heavy atom. The van der Waals surface area contributed by atoms with Crippen LogP contribution in [-0.2, 0) is 16.1 Å². The second-order valence-electron chi connectivity index (χ2n) is 6.96. The smallest absolute Gasteiger partial charge is 0.348 e. The van der Waals surface area contributed by atoms with Crippen molar-refractivity contribution in [1.29, 1.82) is 0 Å². The van der Waals surface area contributed by atoms with E-state index in [0.717, 1.165) is 11.3 Å². The van der Waals surface area contributed by atoms with Gasteiger partial charge in [-0.05, 0) is 36.6 Å². The largest absolute Gasteiger partial charge is 0.461 e. The predicted molar refractivity (Wildman–Crippen MR) is 114 cm³/mol. The van der Waals surface area contributed by atoms with Gasteiger partial charge in [-0.25, -0.2) is 9.78 Å². The fraction of sp³-hybridized carbons (Fsp3) is 0.300. The standard InChI is InChI=1S/C20H20ClN3O4S/c1-11(2)9-28-20(27)17-12(3)16-18(29-17)22-10-24(19(16)26)8-15(25)23-14-6-4-5-13(21)7-14/h4-7,10-11H,8-9H2,1-3H3,(H,23,25). The predicted octanol–water partition coefficient (Wildman–Crippen LogP) is 3.87. The molecule has 0 atom stereocenters. The summed E-state index contributed by atoms with van der Waals surface area (Å²) in [4.78, 5) is 42.5. The second-order valence-corrected chi connectivity index (χ2v) is 8.40. The first-order valence-corrected chi connectivity index (χ1v) is 10.2. The van der Waals surface area contributed by atoms with Crippen LogP contribution in [0.2, 0.25) is 5.02 Å². The van der Waals surface area contributed by atoms with Gasteiger partial charge in [0.2, 0.25) is 5.91 Å². The molecule has 1 aromatic carbocycles. The lowest BCUT2D eigenvalue weighted by atomic mass is 10.2. The van der Waals surface area contributed by atoms with Crippen molar-refractivity contribution in [2.24, 2.45) is 5.92 Å². The molecule has 1 N–H and O–H groups in total. The topological polar surface area (TPSA) is 90.3 Å². The second kappa shape index (κ2) is 8.75. The molecule has 7 nitrogen and oxygen atoms in total. The van der Waals surface area contributed by atoms with Crippen molar-refractivity contribution < 1.29 is 14.3 Å². The van der Waals surface area contributed by atoms with E-state index in [4.69, 9.17) is 16.3 Å². The molecule has 0 saturated carbocycles. The minimum atomic E-state index is -0.469. The van der Waals surface area contributed by atoms with Crippen molar-refractivity contribution in [1.82, 2.24) is 9.55 Å². The van der Waals surface area contributed by atoms with Crippen LogP contribution >= 0.6 is 22.9 Å². The lowest BCUT2D eigenvalue weighted by molar-refractivity contribution is -0.116. The van der Waals surface area contributed by atoms with Crippen LogP contribution in [0.25, 0.3) is 10.2 Å². The quantitative estimate of drug-likeness (QED) is 0.596. The van der Waals surface area contributed by atoms with Gasteiger partial charge in [0, 0.05) is 10.7 Å². The normalized spacial score (nSPS) is 11.1. The molecule has 152 valence electrons. The molecule has 3 rings (SSSR count). The number of nitrogens with one attached hydrogen (secondary N) is 1. The van der Waals surface area contributed by atoms with Crippen LogP contribution < -0.4 is 10.9 Å². The number of amides is 1. The molecule has 2 heterocycles. The molecule has 0 aliphatic rings. The highest BCUT2D eigenvalue weighted by Crippen LogP contribution is 2.27. The SMILES string of the molecule is Cc1c(C(=O)OCC(C)C)sc2ncn(CC(=O)Nc3cccc(Cl)c3)c(=O)c12. The van der Waals surface area contributed by atoms with E-state index < -0.39 is 5.97 Å². The summed E-state index contributed by atoms with van der Waals surface area (Å²) in [6.45, 7) is 5.66. The fourth-order valence-electron chi connectivity index (χ4n) is 2.70. The Morgan fingerprint density at radius 1 is 1.34 bits per heavy atom. The van der Waals surface area contributed by atoms with Crippen molar-refractivity contribution in [3.05, 3.63) is 56.4 Å². The number of carbonyl (C=O) groups is 2. The van der Waals surface area contributed by atoms with Gasteiger partial charge in [-0.15, -0.1) is 11.3 Å². The maximum Gasteiger partial charge on any atom is 0.348 e. The molecular formula is C20H20ClN3O4S. The van der Waals surface area contributed by atoms with E-state index in [9.17, 15) is 14.4 Å². The van der Waals surface area contributed by atoms with Crippen LogP contribution in [0.4, 0.5) is 5.69 Å². The van der Waals surface area contributed by atoms with Crippen molar-refractivity contribution >= 4 is 50.7 Å². The summed E-state index contributed by atoms with van der Waals surface area (Å²) in [6.07, 6.45) is 1.31. The van der Waals surface area contributed by atoms with Crippen molar-refractivity contribution in [3.63, 3.8) is 0 Å². The summed E-state index contributed by atoms with van der Waals surface area (Å²) >= 11 is 7.03. The molecule has 2 aromatic heterocycles. The first-order valence-electron chi connectivity index (χ1n) is 8.97. The highest BCUT2D eigenvalue weighted by Gasteiger charge is 2.21. The van der Waals surface area contributed by atoms with Gasteiger partial charge in [-0.1, -0.05) is 31.5 Å². The Balaban J connectivity index is 1.84. The molecule has 0 radical (unpaired) electrons. The number of nitrogens with zero attached hydrogens (tertiary/aromatic N) is 2. The number of halogens is 1.